The van der Waals surface area contributed by atoms with Crippen LogP contribution in [0.5, 0.6) is 5.88 Å². The quantitative estimate of drug-likeness (QED) is 0.498. The van der Waals surface area contributed by atoms with E-state index in [0.717, 1.165) is 0 Å². The van der Waals surface area contributed by atoms with Crippen LogP contribution >= 0.6 is 0 Å². The number of hydrogen-bond acceptors (Lipinski definition) is 7. The van der Waals surface area contributed by atoms with Gasteiger partial charge in [-0.15, -0.1) is 5.10 Å². The second-order valence-electron chi connectivity index (χ2n) is 4.81. The standard InChI is InChI=1S/C16H14FN5O3/c1-2-24-16(23)10-25-15-7-12(11-3-4-13(17)20-8-11)22(21-15)14-9-18-5-6-19-14/h3-9H,2,10H2,1H3. The van der Waals surface area contributed by atoms with Crippen molar-refractivity contribution in [3.05, 3.63) is 48.9 Å². The van der Waals surface area contributed by atoms with Crippen LogP contribution in [0.3, 0.4) is 0 Å². The second kappa shape index (κ2) is 7.47. The van der Waals surface area contributed by atoms with Gasteiger partial charge in [-0.1, -0.05) is 0 Å². The molecule has 0 aliphatic heterocycles. The van der Waals surface area contributed by atoms with Crippen molar-refractivity contribution in [3.8, 4) is 23.0 Å². The van der Waals surface area contributed by atoms with Crippen molar-refractivity contribution >= 4 is 5.97 Å². The Morgan fingerprint density at radius 1 is 1.24 bits per heavy atom. The Labute approximate surface area is 142 Å². The van der Waals surface area contributed by atoms with Gasteiger partial charge in [0.15, 0.2) is 12.4 Å². The average Bonchev–Trinajstić information content (AvgIpc) is 3.06. The zero-order valence-corrected chi connectivity index (χ0v) is 13.3. The van der Waals surface area contributed by atoms with E-state index < -0.39 is 11.9 Å². The lowest BCUT2D eigenvalue weighted by atomic mass is 10.2. The molecule has 0 unspecified atom stereocenters. The van der Waals surface area contributed by atoms with Crippen molar-refractivity contribution in [2.75, 3.05) is 13.2 Å². The summed E-state index contributed by atoms with van der Waals surface area (Å²) in [7, 11) is 0. The molecule has 0 fully saturated rings. The van der Waals surface area contributed by atoms with Crippen LogP contribution in [0, 0.1) is 5.95 Å². The molecule has 0 saturated heterocycles. The smallest absolute Gasteiger partial charge is 0.344 e. The molecule has 3 aromatic heterocycles. The molecule has 128 valence electrons. The van der Waals surface area contributed by atoms with Crippen LogP contribution < -0.4 is 4.74 Å². The van der Waals surface area contributed by atoms with Crippen molar-refractivity contribution in [2.45, 2.75) is 6.92 Å². The Hall–Kier alpha value is -3.36. The monoisotopic (exact) mass is 343 g/mol. The third kappa shape index (κ3) is 3.94. The van der Waals surface area contributed by atoms with Crippen molar-refractivity contribution in [2.24, 2.45) is 0 Å². The largest absolute Gasteiger partial charge is 0.465 e. The van der Waals surface area contributed by atoms with E-state index in [0.29, 0.717) is 17.1 Å². The van der Waals surface area contributed by atoms with Gasteiger partial charge >= 0.3 is 5.97 Å². The van der Waals surface area contributed by atoms with Crippen molar-refractivity contribution in [1.82, 2.24) is 24.7 Å². The molecule has 0 amide bonds. The molecule has 0 N–H and O–H groups in total. The first-order chi connectivity index (χ1) is 12.2. The molecule has 0 bridgehead atoms. The molecular weight excluding hydrogens is 329 g/mol. The minimum atomic E-state index is -0.590. The predicted molar refractivity (Wildman–Crippen MR) is 84.5 cm³/mol. The molecule has 3 aromatic rings. The Balaban J connectivity index is 1.94. The number of carbonyl (C=O) groups excluding carboxylic acids is 1. The van der Waals surface area contributed by atoms with Gasteiger partial charge in [-0.05, 0) is 19.1 Å². The summed E-state index contributed by atoms with van der Waals surface area (Å²) < 4.78 is 24.7. The minimum absolute atomic E-state index is 0.193. The molecule has 0 aromatic carbocycles. The first kappa shape index (κ1) is 16.5. The number of halogens is 1. The molecule has 0 aliphatic rings. The first-order valence-electron chi connectivity index (χ1n) is 7.44. The second-order valence-corrected chi connectivity index (χ2v) is 4.81. The third-order valence-corrected chi connectivity index (χ3v) is 3.12. The third-order valence-electron chi connectivity index (χ3n) is 3.12. The van der Waals surface area contributed by atoms with Crippen LogP contribution in [0.1, 0.15) is 6.92 Å². The fraction of sp³-hybridized carbons (Fsp3) is 0.188. The molecule has 9 heteroatoms. The summed E-state index contributed by atoms with van der Waals surface area (Å²) >= 11 is 0. The normalized spacial score (nSPS) is 10.5. The predicted octanol–water partition coefficient (Wildman–Crippen LogP) is 1.81. The van der Waals surface area contributed by atoms with Crippen LogP contribution in [-0.2, 0) is 9.53 Å². The fourth-order valence-electron chi connectivity index (χ4n) is 2.07. The van der Waals surface area contributed by atoms with Gasteiger partial charge in [0.1, 0.15) is 0 Å². The Bertz CT molecular complexity index is 852. The van der Waals surface area contributed by atoms with Gasteiger partial charge in [0.2, 0.25) is 11.8 Å². The van der Waals surface area contributed by atoms with E-state index in [2.05, 4.69) is 20.1 Å². The highest BCUT2D eigenvalue weighted by molar-refractivity contribution is 5.71. The van der Waals surface area contributed by atoms with Gasteiger partial charge in [0, 0.05) is 30.2 Å². The summed E-state index contributed by atoms with van der Waals surface area (Å²) in [4.78, 5) is 23.3. The molecule has 3 rings (SSSR count). The molecule has 8 nitrogen and oxygen atoms in total. The van der Waals surface area contributed by atoms with Crippen LogP contribution in [0.4, 0.5) is 4.39 Å². The van der Waals surface area contributed by atoms with E-state index in [4.69, 9.17) is 9.47 Å². The summed E-state index contributed by atoms with van der Waals surface area (Å²) in [6.07, 6.45) is 5.93. The number of ether oxygens (including phenoxy) is 2. The van der Waals surface area contributed by atoms with E-state index in [1.165, 1.54) is 35.5 Å². The number of nitrogens with zero attached hydrogens (tertiary/aromatic N) is 5. The number of rotatable bonds is 6. The van der Waals surface area contributed by atoms with Crippen LogP contribution in [-0.4, -0.2) is 43.9 Å². The summed E-state index contributed by atoms with van der Waals surface area (Å²) in [5.74, 6) is -0.458. The number of hydrogen-bond donors (Lipinski definition) is 0. The van der Waals surface area contributed by atoms with E-state index >= 15 is 0 Å². The molecule has 0 aliphatic carbocycles. The van der Waals surface area contributed by atoms with Crippen molar-refractivity contribution in [1.29, 1.82) is 0 Å². The molecule has 0 atom stereocenters. The van der Waals surface area contributed by atoms with Crippen LogP contribution in [0.25, 0.3) is 17.1 Å². The summed E-state index contributed by atoms with van der Waals surface area (Å²) in [6.45, 7) is 1.70. The zero-order chi connectivity index (χ0) is 17.6. The Kier molecular flexibility index (Phi) is 4.93. The molecule has 0 spiro atoms. The lowest BCUT2D eigenvalue weighted by Gasteiger charge is -2.05. The van der Waals surface area contributed by atoms with Crippen molar-refractivity contribution in [3.63, 3.8) is 0 Å². The van der Waals surface area contributed by atoms with Gasteiger partial charge in [-0.3, -0.25) is 4.98 Å². The minimum Gasteiger partial charge on any atom is -0.465 e. The average molecular weight is 343 g/mol. The van der Waals surface area contributed by atoms with E-state index in [1.807, 2.05) is 0 Å². The fourth-order valence-corrected chi connectivity index (χ4v) is 2.07. The van der Waals surface area contributed by atoms with Crippen molar-refractivity contribution < 1.29 is 18.7 Å². The number of aromatic nitrogens is 5. The van der Waals surface area contributed by atoms with E-state index in [-0.39, 0.29) is 19.1 Å². The molecule has 25 heavy (non-hydrogen) atoms. The maximum absolute atomic E-state index is 13.1. The van der Waals surface area contributed by atoms with E-state index in [9.17, 15) is 9.18 Å². The maximum Gasteiger partial charge on any atom is 0.344 e. The van der Waals surface area contributed by atoms with Gasteiger partial charge in [-0.25, -0.2) is 19.4 Å². The van der Waals surface area contributed by atoms with E-state index in [1.54, 1.807) is 19.1 Å². The lowest BCUT2D eigenvalue weighted by Crippen LogP contribution is -2.14. The van der Waals surface area contributed by atoms with Gasteiger partial charge in [-0.2, -0.15) is 4.39 Å². The van der Waals surface area contributed by atoms with Gasteiger partial charge < -0.3 is 9.47 Å². The Morgan fingerprint density at radius 3 is 2.80 bits per heavy atom. The SMILES string of the molecule is CCOC(=O)COc1cc(-c2ccc(F)nc2)n(-c2cnccn2)n1. The first-order valence-corrected chi connectivity index (χ1v) is 7.44. The zero-order valence-electron chi connectivity index (χ0n) is 13.3. The maximum atomic E-state index is 13.1. The Morgan fingerprint density at radius 2 is 2.12 bits per heavy atom. The summed E-state index contributed by atoms with van der Waals surface area (Å²) in [6, 6.07) is 4.40. The van der Waals surface area contributed by atoms with Gasteiger partial charge in [0.05, 0.1) is 18.5 Å². The van der Waals surface area contributed by atoms with Gasteiger partial charge in [0.25, 0.3) is 0 Å². The van der Waals surface area contributed by atoms with Crippen LogP contribution in [0.2, 0.25) is 0 Å². The number of pyridine rings is 1. The highest BCUT2D eigenvalue weighted by Gasteiger charge is 2.15. The topological polar surface area (TPSA) is 92.0 Å². The van der Waals surface area contributed by atoms with Crippen LogP contribution in [0.15, 0.2) is 43.0 Å². The molecule has 0 radical (unpaired) electrons. The molecule has 0 saturated carbocycles. The lowest BCUT2D eigenvalue weighted by molar-refractivity contribution is -0.145. The molecular formula is C16H14FN5O3. The summed E-state index contributed by atoms with van der Waals surface area (Å²) in [5.41, 5.74) is 1.16. The molecule has 3 heterocycles. The number of esters is 1. The summed E-state index contributed by atoms with van der Waals surface area (Å²) in [5, 5.41) is 4.27. The highest BCUT2D eigenvalue weighted by atomic mass is 19.1. The number of carbonyl (C=O) groups is 1. The highest BCUT2D eigenvalue weighted by Crippen LogP contribution is 2.25.